The average Bonchev–Trinajstić information content (AvgIpc) is 3.06. The van der Waals surface area contributed by atoms with E-state index in [-0.39, 0.29) is 6.61 Å². The van der Waals surface area contributed by atoms with Crippen LogP contribution in [0.15, 0.2) is 6.07 Å². The Balaban J connectivity index is 1.76. The monoisotopic (exact) mass is 344 g/mol. The van der Waals surface area contributed by atoms with Gasteiger partial charge in [-0.05, 0) is 45.4 Å². The number of hydrogen-bond donors (Lipinski definition) is 1. The number of rotatable bonds is 3. The second kappa shape index (κ2) is 6.92. The number of aromatic nitrogens is 3. The summed E-state index contributed by atoms with van der Waals surface area (Å²) in [5.41, 5.74) is 4.32. The first-order valence-corrected chi connectivity index (χ1v) is 9.47. The topological polar surface area (TPSA) is 62.9 Å². The lowest BCUT2D eigenvalue weighted by Crippen LogP contribution is -2.38. The third-order valence-corrected chi connectivity index (χ3v) is 5.79. The first-order valence-electron chi connectivity index (χ1n) is 9.47. The summed E-state index contributed by atoms with van der Waals surface area (Å²) in [5.74, 6) is 1.97. The summed E-state index contributed by atoms with van der Waals surface area (Å²) in [7, 11) is 0. The number of aryl methyl sites for hydroxylation is 1. The van der Waals surface area contributed by atoms with E-state index in [1.54, 1.807) is 0 Å². The van der Waals surface area contributed by atoms with E-state index in [2.05, 4.69) is 24.8 Å². The number of anilines is 1. The van der Waals surface area contributed by atoms with Crippen LogP contribution in [0.1, 0.15) is 48.6 Å². The van der Waals surface area contributed by atoms with Crippen molar-refractivity contribution >= 4 is 11.5 Å². The molecule has 0 saturated carbocycles. The van der Waals surface area contributed by atoms with Crippen LogP contribution in [-0.2, 0) is 4.74 Å². The molecule has 2 aliphatic rings. The van der Waals surface area contributed by atoms with Crippen LogP contribution in [-0.4, -0.2) is 52.6 Å². The van der Waals surface area contributed by atoms with E-state index < -0.39 is 0 Å². The first kappa shape index (κ1) is 16.8. The molecule has 0 amide bonds. The largest absolute Gasteiger partial charge is 0.396 e. The molecule has 1 unspecified atom stereocenters. The number of hydrogen-bond acceptors (Lipinski definition) is 5. The summed E-state index contributed by atoms with van der Waals surface area (Å²) in [4.78, 5) is 7.17. The Morgan fingerprint density at radius 1 is 1.24 bits per heavy atom. The van der Waals surface area contributed by atoms with Crippen LogP contribution >= 0.6 is 0 Å². The average molecular weight is 344 g/mol. The third-order valence-electron chi connectivity index (χ3n) is 5.79. The normalized spacial score (nSPS) is 22.7. The SMILES string of the molecule is Cc1nc2cc(C3CCOCC3)nn2c(N2CCCC(CO)C2)c1C. The molecule has 2 saturated heterocycles. The van der Waals surface area contributed by atoms with Gasteiger partial charge in [0.2, 0.25) is 0 Å². The van der Waals surface area contributed by atoms with Crippen molar-refractivity contribution in [3.63, 3.8) is 0 Å². The quantitative estimate of drug-likeness (QED) is 0.927. The van der Waals surface area contributed by atoms with Crippen molar-refractivity contribution in [2.45, 2.75) is 45.4 Å². The van der Waals surface area contributed by atoms with E-state index in [0.717, 1.165) is 74.8 Å². The van der Waals surface area contributed by atoms with Crippen LogP contribution in [0.25, 0.3) is 5.65 Å². The molecule has 2 fully saturated rings. The smallest absolute Gasteiger partial charge is 0.157 e. The number of aliphatic hydroxyl groups excluding tert-OH is 1. The maximum Gasteiger partial charge on any atom is 0.157 e. The summed E-state index contributed by atoms with van der Waals surface area (Å²) in [6, 6.07) is 2.15. The Bertz CT molecular complexity index is 751. The van der Waals surface area contributed by atoms with E-state index in [1.807, 2.05) is 4.52 Å². The zero-order valence-corrected chi connectivity index (χ0v) is 15.2. The number of ether oxygens (including phenoxy) is 1. The molecule has 0 aromatic carbocycles. The minimum Gasteiger partial charge on any atom is -0.396 e. The lowest BCUT2D eigenvalue weighted by molar-refractivity contribution is 0.0844. The highest BCUT2D eigenvalue weighted by atomic mass is 16.5. The van der Waals surface area contributed by atoms with Crippen molar-refractivity contribution in [1.29, 1.82) is 0 Å². The Labute approximate surface area is 148 Å². The molecule has 4 heterocycles. The predicted molar refractivity (Wildman–Crippen MR) is 97.3 cm³/mol. The minimum atomic E-state index is 0.259. The highest BCUT2D eigenvalue weighted by Crippen LogP contribution is 2.31. The number of fused-ring (bicyclic) bond motifs is 1. The molecule has 2 aliphatic heterocycles. The summed E-state index contributed by atoms with van der Waals surface area (Å²) in [6.07, 6.45) is 4.29. The number of aliphatic hydroxyl groups is 1. The van der Waals surface area contributed by atoms with E-state index in [4.69, 9.17) is 14.8 Å². The van der Waals surface area contributed by atoms with Crippen LogP contribution < -0.4 is 4.90 Å². The second-order valence-corrected chi connectivity index (χ2v) is 7.51. The van der Waals surface area contributed by atoms with Crippen molar-refractivity contribution < 1.29 is 9.84 Å². The van der Waals surface area contributed by atoms with E-state index in [0.29, 0.717) is 11.8 Å². The molecule has 0 radical (unpaired) electrons. The summed E-state index contributed by atoms with van der Waals surface area (Å²) in [5, 5.41) is 14.6. The fourth-order valence-electron chi connectivity index (χ4n) is 4.17. The molecule has 2 aromatic heterocycles. The maximum absolute atomic E-state index is 9.59. The Kier molecular flexibility index (Phi) is 4.65. The highest BCUT2D eigenvalue weighted by molar-refractivity contribution is 5.57. The Morgan fingerprint density at radius 3 is 2.80 bits per heavy atom. The molecule has 0 bridgehead atoms. The lowest BCUT2D eigenvalue weighted by atomic mass is 9.97. The molecular formula is C19H28N4O2. The van der Waals surface area contributed by atoms with Crippen molar-refractivity contribution in [1.82, 2.24) is 14.6 Å². The first-order chi connectivity index (χ1) is 12.2. The van der Waals surface area contributed by atoms with Gasteiger partial charge in [-0.15, -0.1) is 0 Å². The van der Waals surface area contributed by atoms with Gasteiger partial charge in [-0.25, -0.2) is 4.98 Å². The fraction of sp³-hybridized carbons (Fsp3) is 0.684. The van der Waals surface area contributed by atoms with Crippen LogP contribution in [0.2, 0.25) is 0 Å². The summed E-state index contributed by atoms with van der Waals surface area (Å²) < 4.78 is 7.53. The van der Waals surface area contributed by atoms with E-state index in [1.165, 1.54) is 5.56 Å². The van der Waals surface area contributed by atoms with Gasteiger partial charge in [-0.2, -0.15) is 9.61 Å². The number of piperidine rings is 1. The predicted octanol–water partition coefficient (Wildman–Crippen LogP) is 2.45. The molecule has 1 atom stereocenters. The van der Waals surface area contributed by atoms with Gasteiger partial charge >= 0.3 is 0 Å². The lowest BCUT2D eigenvalue weighted by Gasteiger charge is -2.34. The van der Waals surface area contributed by atoms with Gasteiger partial charge in [0.25, 0.3) is 0 Å². The number of nitrogens with zero attached hydrogens (tertiary/aromatic N) is 4. The molecule has 0 spiro atoms. The van der Waals surface area contributed by atoms with Gasteiger partial charge < -0.3 is 14.7 Å². The zero-order valence-electron chi connectivity index (χ0n) is 15.2. The third kappa shape index (κ3) is 3.13. The fourth-order valence-corrected chi connectivity index (χ4v) is 4.17. The van der Waals surface area contributed by atoms with Crippen molar-refractivity contribution in [2.24, 2.45) is 5.92 Å². The van der Waals surface area contributed by atoms with Gasteiger partial charge in [0, 0.05) is 56.2 Å². The Morgan fingerprint density at radius 2 is 2.04 bits per heavy atom. The maximum atomic E-state index is 9.59. The Hall–Kier alpha value is -1.66. The molecule has 4 rings (SSSR count). The molecule has 25 heavy (non-hydrogen) atoms. The molecule has 2 aromatic rings. The van der Waals surface area contributed by atoms with Crippen LogP contribution in [0.5, 0.6) is 0 Å². The molecular weight excluding hydrogens is 316 g/mol. The molecule has 6 nitrogen and oxygen atoms in total. The molecule has 136 valence electrons. The standard InChI is InChI=1S/C19H28N4O2/c1-13-14(2)20-18-10-17(16-5-8-25-9-6-16)21-23(18)19(13)22-7-3-4-15(11-22)12-24/h10,15-16,24H,3-9,11-12H2,1-2H3. The van der Waals surface area contributed by atoms with Gasteiger partial charge in [0.15, 0.2) is 5.65 Å². The van der Waals surface area contributed by atoms with Crippen LogP contribution in [0.3, 0.4) is 0 Å². The second-order valence-electron chi connectivity index (χ2n) is 7.51. The molecule has 6 heteroatoms. The van der Waals surface area contributed by atoms with Crippen LogP contribution in [0, 0.1) is 19.8 Å². The van der Waals surface area contributed by atoms with E-state index in [9.17, 15) is 5.11 Å². The van der Waals surface area contributed by atoms with Gasteiger partial charge in [-0.1, -0.05) is 0 Å². The van der Waals surface area contributed by atoms with Crippen molar-refractivity contribution in [3.8, 4) is 0 Å². The van der Waals surface area contributed by atoms with Crippen molar-refractivity contribution in [3.05, 3.63) is 23.0 Å². The van der Waals surface area contributed by atoms with E-state index >= 15 is 0 Å². The van der Waals surface area contributed by atoms with Gasteiger partial charge in [0.05, 0.1) is 5.69 Å². The summed E-state index contributed by atoms with van der Waals surface area (Å²) >= 11 is 0. The summed E-state index contributed by atoms with van der Waals surface area (Å²) in [6.45, 7) is 8.02. The van der Waals surface area contributed by atoms with Gasteiger partial charge in [-0.3, -0.25) is 0 Å². The van der Waals surface area contributed by atoms with Crippen LogP contribution in [0.4, 0.5) is 5.82 Å². The zero-order chi connectivity index (χ0) is 17.4. The van der Waals surface area contributed by atoms with Gasteiger partial charge in [0.1, 0.15) is 5.82 Å². The molecule has 0 aliphatic carbocycles. The minimum absolute atomic E-state index is 0.259. The van der Waals surface area contributed by atoms with Crippen molar-refractivity contribution in [2.75, 3.05) is 37.8 Å². The molecule has 1 N–H and O–H groups in total. The highest BCUT2D eigenvalue weighted by Gasteiger charge is 2.26.